The summed E-state index contributed by atoms with van der Waals surface area (Å²) in [5.74, 6) is 1.05. The molecule has 1 unspecified atom stereocenters. The second kappa shape index (κ2) is 7.36. The first-order valence-corrected chi connectivity index (χ1v) is 7.82. The third kappa shape index (κ3) is 4.02. The van der Waals surface area contributed by atoms with E-state index in [1.54, 1.807) is 0 Å². The van der Waals surface area contributed by atoms with E-state index in [0.717, 1.165) is 5.75 Å². The Hall–Kier alpha value is -1.45. The van der Waals surface area contributed by atoms with E-state index in [4.69, 9.17) is 0 Å². The quantitative estimate of drug-likeness (QED) is 0.726. The van der Waals surface area contributed by atoms with Crippen LogP contribution in [0.2, 0.25) is 0 Å². The molecule has 0 amide bonds. The van der Waals surface area contributed by atoms with Gasteiger partial charge in [-0.05, 0) is 57.2 Å². The van der Waals surface area contributed by atoms with Crippen LogP contribution in [0, 0.1) is 0 Å². The average molecular weight is 286 g/mol. The first-order valence-electron chi connectivity index (χ1n) is 6.88. The average Bonchev–Trinajstić information content (AvgIpc) is 2.49. The van der Waals surface area contributed by atoms with Gasteiger partial charge in [-0.25, -0.2) is 0 Å². The maximum absolute atomic E-state index is 2.31. The first-order chi connectivity index (χ1) is 9.68. The van der Waals surface area contributed by atoms with Crippen molar-refractivity contribution in [2.24, 2.45) is 0 Å². The first kappa shape index (κ1) is 14.9. The Morgan fingerprint density at radius 2 is 1.30 bits per heavy atom. The predicted octanol–water partition coefficient (Wildman–Crippen LogP) is 4.42. The molecule has 0 aliphatic carbocycles. The molecule has 0 radical (unpaired) electrons. The molecule has 0 bridgehead atoms. The van der Waals surface area contributed by atoms with Crippen molar-refractivity contribution in [2.75, 3.05) is 24.2 Å². The van der Waals surface area contributed by atoms with Gasteiger partial charge in [0.15, 0.2) is 0 Å². The Bertz CT molecular complexity index is 459. The zero-order valence-corrected chi connectivity index (χ0v) is 13.2. The molecule has 3 heteroatoms. The van der Waals surface area contributed by atoms with E-state index in [2.05, 4.69) is 90.9 Å². The number of hydrogen-bond acceptors (Lipinski definition) is 3. The van der Waals surface area contributed by atoms with Crippen molar-refractivity contribution < 1.29 is 0 Å². The predicted molar refractivity (Wildman–Crippen MR) is 90.6 cm³/mol. The number of para-hydroxylation sites is 2. The van der Waals surface area contributed by atoms with E-state index >= 15 is 0 Å². The third-order valence-electron chi connectivity index (χ3n) is 3.31. The second-order valence-corrected chi connectivity index (χ2v) is 6.03. The molecular formula is C17H22N2S. The van der Waals surface area contributed by atoms with Crippen molar-refractivity contribution in [1.29, 1.82) is 0 Å². The summed E-state index contributed by atoms with van der Waals surface area (Å²) in [4.78, 5) is 2.25. The molecule has 2 rings (SSSR count). The molecule has 0 saturated carbocycles. The summed E-state index contributed by atoms with van der Waals surface area (Å²) in [6, 6.07) is 21.6. The van der Waals surface area contributed by atoms with Crippen molar-refractivity contribution in [1.82, 2.24) is 4.90 Å². The number of benzene rings is 2. The lowest BCUT2D eigenvalue weighted by molar-refractivity contribution is 0.340. The lowest BCUT2D eigenvalue weighted by Crippen LogP contribution is -2.28. The molecule has 0 aromatic heterocycles. The Kier molecular flexibility index (Phi) is 5.50. The molecule has 0 heterocycles. The Morgan fingerprint density at radius 3 is 1.70 bits per heavy atom. The Morgan fingerprint density at radius 1 is 0.850 bits per heavy atom. The molecule has 2 aromatic rings. The van der Waals surface area contributed by atoms with Gasteiger partial charge in [-0.3, -0.25) is 4.31 Å². The highest BCUT2D eigenvalue weighted by Crippen LogP contribution is 2.32. The maximum atomic E-state index is 2.31. The fraction of sp³-hybridized carbons (Fsp3) is 0.294. The molecule has 106 valence electrons. The highest BCUT2D eigenvalue weighted by Gasteiger charge is 2.12. The van der Waals surface area contributed by atoms with Crippen LogP contribution in [0.15, 0.2) is 60.7 Å². The molecule has 1 atom stereocenters. The SMILES string of the molecule is CC(CSN(c1ccccc1)c1ccccc1)N(C)C. The van der Waals surface area contributed by atoms with Crippen LogP contribution in [0.4, 0.5) is 11.4 Å². The molecule has 0 saturated heterocycles. The van der Waals surface area contributed by atoms with Crippen molar-refractivity contribution in [3.05, 3.63) is 60.7 Å². The van der Waals surface area contributed by atoms with E-state index < -0.39 is 0 Å². The molecule has 0 aliphatic heterocycles. The van der Waals surface area contributed by atoms with Crippen LogP contribution in [0.3, 0.4) is 0 Å². The highest BCUT2D eigenvalue weighted by atomic mass is 32.2. The summed E-state index contributed by atoms with van der Waals surface area (Å²) in [5.41, 5.74) is 2.43. The van der Waals surface area contributed by atoms with Crippen molar-refractivity contribution in [3.63, 3.8) is 0 Å². The third-order valence-corrected chi connectivity index (χ3v) is 4.62. The monoisotopic (exact) mass is 286 g/mol. The zero-order chi connectivity index (χ0) is 14.4. The van der Waals surface area contributed by atoms with Gasteiger partial charge in [0, 0.05) is 11.8 Å². The number of rotatable bonds is 6. The fourth-order valence-corrected chi connectivity index (χ4v) is 2.96. The number of nitrogens with zero attached hydrogens (tertiary/aromatic N) is 2. The standard InChI is InChI=1S/C17H22N2S/c1-15(18(2)3)14-20-19(16-10-6-4-7-11-16)17-12-8-5-9-13-17/h4-13,15H,14H2,1-3H3. The van der Waals surface area contributed by atoms with E-state index in [1.165, 1.54) is 11.4 Å². The van der Waals surface area contributed by atoms with Crippen molar-refractivity contribution in [2.45, 2.75) is 13.0 Å². The molecule has 2 nitrogen and oxygen atoms in total. The highest BCUT2D eigenvalue weighted by molar-refractivity contribution is 8.01. The Labute approximate surface area is 126 Å². The fourth-order valence-electron chi connectivity index (χ4n) is 1.76. The molecule has 0 aliphatic rings. The zero-order valence-electron chi connectivity index (χ0n) is 12.4. The number of anilines is 2. The molecule has 0 fully saturated rings. The summed E-state index contributed by atoms with van der Waals surface area (Å²) in [6.07, 6.45) is 0. The van der Waals surface area contributed by atoms with Gasteiger partial charge in [0.25, 0.3) is 0 Å². The summed E-state index contributed by atoms with van der Waals surface area (Å²) in [7, 11) is 4.25. The van der Waals surface area contributed by atoms with Gasteiger partial charge in [0.05, 0.1) is 11.4 Å². The van der Waals surface area contributed by atoms with Crippen LogP contribution >= 0.6 is 11.9 Å². The number of hydrogen-bond donors (Lipinski definition) is 0. The van der Waals surface area contributed by atoms with E-state index in [0.29, 0.717) is 6.04 Å². The minimum Gasteiger partial charge on any atom is -0.306 e. The lowest BCUT2D eigenvalue weighted by atomic mass is 10.3. The van der Waals surface area contributed by atoms with Gasteiger partial charge in [0.2, 0.25) is 0 Å². The largest absolute Gasteiger partial charge is 0.306 e. The normalized spacial score (nSPS) is 12.4. The minimum absolute atomic E-state index is 0.537. The Balaban J connectivity index is 2.17. The van der Waals surface area contributed by atoms with Crippen LogP contribution < -0.4 is 4.31 Å². The lowest BCUT2D eigenvalue weighted by Gasteiger charge is -2.27. The van der Waals surface area contributed by atoms with Crippen molar-refractivity contribution in [3.8, 4) is 0 Å². The summed E-state index contributed by atoms with van der Waals surface area (Å²) in [5, 5.41) is 0. The second-order valence-electron chi connectivity index (χ2n) is 5.07. The van der Waals surface area contributed by atoms with Gasteiger partial charge in [0.1, 0.15) is 0 Å². The van der Waals surface area contributed by atoms with Crippen LogP contribution in [0.25, 0.3) is 0 Å². The van der Waals surface area contributed by atoms with Crippen molar-refractivity contribution >= 4 is 23.3 Å². The molecule has 20 heavy (non-hydrogen) atoms. The van der Waals surface area contributed by atoms with Crippen LogP contribution in [0.1, 0.15) is 6.92 Å². The minimum atomic E-state index is 0.537. The van der Waals surface area contributed by atoms with Gasteiger partial charge in [-0.1, -0.05) is 36.4 Å². The van der Waals surface area contributed by atoms with Gasteiger partial charge < -0.3 is 4.90 Å². The van der Waals surface area contributed by atoms with E-state index in [9.17, 15) is 0 Å². The van der Waals surface area contributed by atoms with Crippen LogP contribution in [0.5, 0.6) is 0 Å². The summed E-state index contributed by atoms with van der Waals surface area (Å²) in [6.45, 7) is 2.25. The van der Waals surface area contributed by atoms with Gasteiger partial charge >= 0.3 is 0 Å². The summed E-state index contributed by atoms with van der Waals surface area (Å²) < 4.78 is 2.31. The summed E-state index contributed by atoms with van der Waals surface area (Å²) >= 11 is 1.86. The van der Waals surface area contributed by atoms with E-state index in [1.807, 2.05) is 11.9 Å². The topological polar surface area (TPSA) is 6.48 Å². The van der Waals surface area contributed by atoms with Gasteiger partial charge in [-0.15, -0.1) is 0 Å². The molecule has 0 spiro atoms. The van der Waals surface area contributed by atoms with Crippen LogP contribution in [-0.4, -0.2) is 30.8 Å². The van der Waals surface area contributed by atoms with E-state index in [-0.39, 0.29) is 0 Å². The van der Waals surface area contributed by atoms with Crippen LogP contribution in [-0.2, 0) is 0 Å². The van der Waals surface area contributed by atoms with Gasteiger partial charge in [-0.2, -0.15) is 0 Å². The smallest absolute Gasteiger partial charge is 0.0525 e. The molecule has 0 N–H and O–H groups in total. The molecule has 2 aromatic carbocycles. The molecular weight excluding hydrogens is 264 g/mol. The maximum Gasteiger partial charge on any atom is 0.0525 e.